The third kappa shape index (κ3) is 5.57. The van der Waals surface area contributed by atoms with Gasteiger partial charge in [0.15, 0.2) is 8.32 Å². The SMILES string of the molecule is CCCC(=O)OC1=CC(=O)OC(CO[Si](C)(C)C(C)(C)C)C1. The Morgan fingerprint density at radius 2 is 2.05 bits per heavy atom. The van der Waals surface area contributed by atoms with Crippen LogP contribution in [0.4, 0.5) is 0 Å². The Bertz CT molecular complexity index is 448. The maximum absolute atomic E-state index is 11.6. The van der Waals surface area contributed by atoms with Crippen molar-refractivity contribution < 1.29 is 23.5 Å². The lowest BCUT2D eigenvalue weighted by Gasteiger charge is -2.37. The lowest BCUT2D eigenvalue weighted by molar-refractivity contribution is -0.149. The first-order chi connectivity index (χ1) is 10.0. The summed E-state index contributed by atoms with van der Waals surface area (Å²) >= 11 is 0. The van der Waals surface area contributed by atoms with Crippen molar-refractivity contribution in [2.24, 2.45) is 0 Å². The van der Waals surface area contributed by atoms with E-state index in [1.807, 2.05) is 6.92 Å². The summed E-state index contributed by atoms with van der Waals surface area (Å²) in [7, 11) is -1.90. The van der Waals surface area contributed by atoms with Gasteiger partial charge in [0, 0.05) is 12.8 Å². The van der Waals surface area contributed by atoms with Crippen LogP contribution in [0.5, 0.6) is 0 Å². The zero-order chi connectivity index (χ0) is 17.0. The van der Waals surface area contributed by atoms with Crippen molar-refractivity contribution in [2.45, 2.75) is 71.2 Å². The predicted octanol–water partition coefficient (Wildman–Crippen LogP) is 3.55. The molecule has 0 aliphatic carbocycles. The van der Waals surface area contributed by atoms with Gasteiger partial charge >= 0.3 is 11.9 Å². The van der Waals surface area contributed by atoms with E-state index >= 15 is 0 Å². The van der Waals surface area contributed by atoms with Gasteiger partial charge in [0.1, 0.15) is 11.9 Å². The normalized spacial score (nSPS) is 19.5. The zero-order valence-corrected chi connectivity index (χ0v) is 15.5. The van der Waals surface area contributed by atoms with Crippen LogP contribution in [0, 0.1) is 0 Å². The molecule has 0 aromatic heterocycles. The fourth-order valence-corrected chi connectivity index (χ4v) is 2.77. The largest absolute Gasteiger partial charge is 0.456 e. The van der Waals surface area contributed by atoms with E-state index < -0.39 is 20.4 Å². The smallest absolute Gasteiger partial charge is 0.334 e. The number of hydrogen-bond acceptors (Lipinski definition) is 5. The van der Waals surface area contributed by atoms with E-state index in [4.69, 9.17) is 13.9 Å². The molecular weight excluding hydrogens is 300 g/mol. The summed E-state index contributed by atoms with van der Waals surface area (Å²) in [6.07, 6.45) is 2.30. The Kier molecular flexibility index (Phi) is 6.37. The molecule has 1 heterocycles. The van der Waals surface area contributed by atoms with Gasteiger partial charge in [0.05, 0.1) is 12.7 Å². The second kappa shape index (κ2) is 7.42. The van der Waals surface area contributed by atoms with Crippen LogP contribution in [0.1, 0.15) is 47.0 Å². The number of carbonyl (C=O) groups excluding carboxylic acids is 2. The third-order valence-electron chi connectivity index (χ3n) is 4.13. The minimum absolute atomic E-state index is 0.0952. The summed E-state index contributed by atoms with van der Waals surface area (Å²) in [5.41, 5.74) is 0. The van der Waals surface area contributed by atoms with Gasteiger partial charge in [-0.25, -0.2) is 4.79 Å². The minimum atomic E-state index is -1.90. The van der Waals surface area contributed by atoms with E-state index in [1.54, 1.807) is 0 Å². The molecule has 0 radical (unpaired) electrons. The molecule has 1 aliphatic heterocycles. The van der Waals surface area contributed by atoms with Crippen LogP contribution in [-0.4, -0.2) is 33.0 Å². The van der Waals surface area contributed by atoms with Gasteiger partial charge in [-0.1, -0.05) is 27.7 Å². The third-order valence-corrected chi connectivity index (χ3v) is 8.63. The van der Waals surface area contributed by atoms with Crippen molar-refractivity contribution in [3.05, 3.63) is 11.8 Å². The maximum Gasteiger partial charge on any atom is 0.334 e. The molecule has 0 saturated heterocycles. The average Bonchev–Trinajstić information content (AvgIpc) is 2.34. The quantitative estimate of drug-likeness (QED) is 0.551. The summed E-state index contributed by atoms with van der Waals surface area (Å²) in [6.45, 7) is 13.0. The maximum atomic E-state index is 11.6. The standard InChI is InChI=1S/C16H28O5Si/c1-7-8-14(17)20-12-9-13(21-15(18)10-12)11-19-22(5,6)16(2,3)4/h10,13H,7-9,11H2,1-6H3. The van der Waals surface area contributed by atoms with Crippen molar-refractivity contribution in [2.75, 3.05) is 6.61 Å². The highest BCUT2D eigenvalue weighted by Gasteiger charge is 2.38. The van der Waals surface area contributed by atoms with Crippen LogP contribution in [0.25, 0.3) is 0 Å². The van der Waals surface area contributed by atoms with Gasteiger partial charge in [0.2, 0.25) is 0 Å². The van der Waals surface area contributed by atoms with Crippen LogP contribution >= 0.6 is 0 Å². The van der Waals surface area contributed by atoms with Gasteiger partial charge in [-0.2, -0.15) is 0 Å². The van der Waals surface area contributed by atoms with E-state index in [2.05, 4.69) is 33.9 Å². The zero-order valence-electron chi connectivity index (χ0n) is 14.5. The molecule has 5 nitrogen and oxygen atoms in total. The highest BCUT2D eigenvalue weighted by atomic mass is 28.4. The highest BCUT2D eigenvalue weighted by molar-refractivity contribution is 6.74. The second-order valence-electron chi connectivity index (χ2n) is 7.17. The summed E-state index contributed by atoms with van der Waals surface area (Å²) in [5, 5.41) is 0.0952. The monoisotopic (exact) mass is 328 g/mol. The fourth-order valence-electron chi connectivity index (χ4n) is 1.74. The molecule has 22 heavy (non-hydrogen) atoms. The molecule has 0 bridgehead atoms. The van der Waals surface area contributed by atoms with E-state index in [0.717, 1.165) is 0 Å². The molecular formula is C16H28O5Si. The Hall–Kier alpha value is -1.14. The van der Waals surface area contributed by atoms with E-state index in [9.17, 15) is 9.59 Å². The molecule has 0 fully saturated rings. The molecule has 0 amide bonds. The van der Waals surface area contributed by atoms with Crippen LogP contribution in [0.3, 0.4) is 0 Å². The molecule has 0 aromatic rings. The number of cyclic esters (lactones) is 1. The molecule has 0 saturated carbocycles. The van der Waals surface area contributed by atoms with Gasteiger partial charge in [-0.05, 0) is 24.6 Å². The summed E-state index contributed by atoms with van der Waals surface area (Å²) < 4.78 is 16.5. The number of hydrogen-bond donors (Lipinski definition) is 0. The Labute approximate surface area is 134 Å². The summed E-state index contributed by atoms with van der Waals surface area (Å²) in [4.78, 5) is 23.1. The topological polar surface area (TPSA) is 61.8 Å². The first-order valence-corrected chi connectivity index (χ1v) is 10.7. The number of rotatable bonds is 6. The van der Waals surface area contributed by atoms with E-state index in [-0.39, 0.29) is 11.0 Å². The van der Waals surface area contributed by atoms with Crippen LogP contribution < -0.4 is 0 Å². The number of esters is 2. The molecule has 1 rings (SSSR count). The van der Waals surface area contributed by atoms with E-state index in [1.165, 1.54) is 6.08 Å². The lowest BCUT2D eigenvalue weighted by Crippen LogP contribution is -2.43. The Morgan fingerprint density at radius 1 is 1.41 bits per heavy atom. The fraction of sp³-hybridized carbons (Fsp3) is 0.750. The first kappa shape index (κ1) is 18.9. The van der Waals surface area contributed by atoms with Crippen molar-refractivity contribution >= 4 is 20.3 Å². The molecule has 6 heteroatoms. The average molecular weight is 328 g/mol. The molecule has 0 N–H and O–H groups in total. The minimum Gasteiger partial charge on any atom is -0.456 e. The highest BCUT2D eigenvalue weighted by Crippen LogP contribution is 2.37. The molecule has 1 aliphatic rings. The second-order valence-corrected chi connectivity index (χ2v) is 12.0. The molecule has 0 aromatic carbocycles. The molecule has 1 atom stereocenters. The lowest BCUT2D eigenvalue weighted by atomic mass is 10.2. The molecule has 126 valence electrons. The summed E-state index contributed by atoms with van der Waals surface area (Å²) in [5.74, 6) is -0.416. The predicted molar refractivity (Wildman–Crippen MR) is 86.7 cm³/mol. The Balaban J connectivity index is 2.59. The van der Waals surface area contributed by atoms with Gasteiger partial charge < -0.3 is 13.9 Å². The van der Waals surface area contributed by atoms with Gasteiger partial charge in [-0.15, -0.1) is 0 Å². The summed E-state index contributed by atoms with van der Waals surface area (Å²) in [6, 6.07) is 0. The van der Waals surface area contributed by atoms with Gasteiger partial charge in [-0.3, -0.25) is 4.79 Å². The van der Waals surface area contributed by atoms with Crippen molar-refractivity contribution in [1.29, 1.82) is 0 Å². The van der Waals surface area contributed by atoms with Crippen LogP contribution in [0.2, 0.25) is 18.1 Å². The number of carbonyl (C=O) groups is 2. The van der Waals surface area contributed by atoms with Crippen LogP contribution in [-0.2, 0) is 23.5 Å². The molecule has 0 spiro atoms. The number of ether oxygens (including phenoxy) is 2. The molecule has 1 unspecified atom stereocenters. The van der Waals surface area contributed by atoms with Crippen molar-refractivity contribution in [3.8, 4) is 0 Å². The van der Waals surface area contributed by atoms with Crippen molar-refractivity contribution in [1.82, 2.24) is 0 Å². The van der Waals surface area contributed by atoms with Crippen molar-refractivity contribution in [3.63, 3.8) is 0 Å². The first-order valence-electron chi connectivity index (χ1n) is 7.81. The van der Waals surface area contributed by atoms with Gasteiger partial charge in [0.25, 0.3) is 0 Å². The van der Waals surface area contributed by atoms with E-state index in [0.29, 0.717) is 31.6 Å². The Morgan fingerprint density at radius 3 is 2.59 bits per heavy atom. The van der Waals surface area contributed by atoms with Crippen LogP contribution in [0.15, 0.2) is 11.8 Å².